The lowest BCUT2D eigenvalue weighted by atomic mass is 9.93. The van der Waals surface area contributed by atoms with E-state index in [1.165, 1.54) is 0 Å². The Morgan fingerprint density at radius 2 is 2.16 bits per heavy atom. The molecule has 1 fully saturated rings. The van der Waals surface area contributed by atoms with Gasteiger partial charge in [0.25, 0.3) is 0 Å². The number of thiazole rings is 1. The molecule has 3 rings (SSSR count). The summed E-state index contributed by atoms with van der Waals surface area (Å²) in [5.74, 6) is 0. The van der Waals surface area contributed by atoms with E-state index in [1.807, 2.05) is 18.2 Å². The SMILES string of the molecule is OC1(Cc2nc(-c3ccccc3)cs2)CCCOC1. The van der Waals surface area contributed by atoms with Crippen molar-refractivity contribution in [3.63, 3.8) is 0 Å². The largest absolute Gasteiger partial charge is 0.387 e. The molecule has 0 spiro atoms. The molecule has 1 aliphatic heterocycles. The maximum Gasteiger partial charge on any atom is 0.0962 e. The van der Waals surface area contributed by atoms with Crippen LogP contribution in [0.5, 0.6) is 0 Å². The number of hydrogen-bond acceptors (Lipinski definition) is 4. The Morgan fingerprint density at radius 3 is 2.89 bits per heavy atom. The number of ether oxygens (including phenoxy) is 1. The van der Waals surface area contributed by atoms with E-state index >= 15 is 0 Å². The smallest absolute Gasteiger partial charge is 0.0962 e. The molecule has 1 saturated heterocycles. The second-order valence-electron chi connectivity index (χ2n) is 5.05. The molecule has 100 valence electrons. The van der Waals surface area contributed by atoms with Crippen molar-refractivity contribution in [2.24, 2.45) is 0 Å². The highest BCUT2D eigenvalue weighted by atomic mass is 32.1. The number of rotatable bonds is 3. The van der Waals surface area contributed by atoms with E-state index in [-0.39, 0.29) is 0 Å². The lowest BCUT2D eigenvalue weighted by Crippen LogP contribution is -2.40. The van der Waals surface area contributed by atoms with E-state index in [1.54, 1.807) is 11.3 Å². The van der Waals surface area contributed by atoms with Crippen LogP contribution in [-0.4, -0.2) is 28.9 Å². The predicted octanol–water partition coefficient (Wildman–Crippen LogP) is 2.89. The van der Waals surface area contributed by atoms with E-state index in [0.29, 0.717) is 13.0 Å². The molecule has 1 aromatic carbocycles. The van der Waals surface area contributed by atoms with Crippen LogP contribution in [0.25, 0.3) is 11.3 Å². The van der Waals surface area contributed by atoms with E-state index < -0.39 is 5.60 Å². The number of aliphatic hydroxyl groups is 1. The Hall–Kier alpha value is -1.23. The molecule has 1 unspecified atom stereocenters. The molecule has 2 aromatic rings. The predicted molar refractivity (Wildman–Crippen MR) is 76.3 cm³/mol. The summed E-state index contributed by atoms with van der Waals surface area (Å²) in [5, 5.41) is 13.5. The van der Waals surface area contributed by atoms with Crippen LogP contribution < -0.4 is 0 Å². The van der Waals surface area contributed by atoms with Gasteiger partial charge in [-0.25, -0.2) is 4.98 Å². The number of benzene rings is 1. The highest BCUT2D eigenvalue weighted by Gasteiger charge is 2.31. The molecular weight excluding hydrogens is 258 g/mol. The molecule has 2 heterocycles. The van der Waals surface area contributed by atoms with E-state index in [2.05, 4.69) is 22.5 Å². The summed E-state index contributed by atoms with van der Waals surface area (Å²) < 4.78 is 5.38. The molecule has 4 heteroatoms. The summed E-state index contributed by atoms with van der Waals surface area (Å²) in [4.78, 5) is 4.62. The van der Waals surface area contributed by atoms with Gasteiger partial charge in [-0.15, -0.1) is 11.3 Å². The van der Waals surface area contributed by atoms with Gasteiger partial charge in [0.2, 0.25) is 0 Å². The van der Waals surface area contributed by atoms with Gasteiger partial charge >= 0.3 is 0 Å². The summed E-state index contributed by atoms with van der Waals surface area (Å²) in [6, 6.07) is 10.1. The summed E-state index contributed by atoms with van der Waals surface area (Å²) in [7, 11) is 0. The van der Waals surface area contributed by atoms with Crippen molar-refractivity contribution < 1.29 is 9.84 Å². The minimum Gasteiger partial charge on any atom is -0.387 e. The second-order valence-corrected chi connectivity index (χ2v) is 5.99. The van der Waals surface area contributed by atoms with Gasteiger partial charge in [-0.2, -0.15) is 0 Å². The Bertz CT molecular complexity index is 532. The first-order valence-corrected chi connectivity index (χ1v) is 7.43. The third-order valence-corrected chi connectivity index (χ3v) is 4.25. The summed E-state index contributed by atoms with van der Waals surface area (Å²) in [6.45, 7) is 1.18. The third kappa shape index (κ3) is 3.03. The van der Waals surface area contributed by atoms with Crippen molar-refractivity contribution in [3.05, 3.63) is 40.7 Å². The summed E-state index contributed by atoms with van der Waals surface area (Å²) in [6.07, 6.45) is 2.31. The normalized spacial score (nSPS) is 23.4. The molecular formula is C15H17NO2S. The van der Waals surface area contributed by atoms with Crippen LogP contribution in [-0.2, 0) is 11.2 Å². The monoisotopic (exact) mass is 275 g/mol. The quantitative estimate of drug-likeness (QED) is 0.936. The van der Waals surface area contributed by atoms with Crippen LogP contribution in [0.2, 0.25) is 0 Å². The van der Waals surface area contributed by atoms with E-state index in [0.717, 1.165) is 35.7 Å². The van der Waals surface area contributed by atoms with Crippen molar-refractivity contribution in [2.45, 2.75) is 24.9 Å². The zero-order valence-electron chi connectivity index (χ0n) is 10.7. The number of aromatic nitrogens is 1. The number of hydrogen-bond donors (Lipinski definition) is 1. The van der Waals surface area contributed by atoms with Crippen LogP contribution >= 0.6 is 11.3 Å². The highest BCUT2D eigenvalue weighted by Crippen LogP contribution is 2.27. The third-order valence-electron chi connectivity index (χ3n) is 3.40. The molecule has 1 aliphatic rings. The average molecular weight is 275 g/mol. The molecule has 1 aromatic heterocycles. The number of nitrogens with zero attached hydrogens (tertiary/aromatic N) is 1. The topological polar surface area (TPSA) is 42.4 Å². The Labute approximate surface area is 116 Å². The van der Waals surface area contributed by atoms with Gasteiger partial charge in [0.05, 0.1) is 22.9 Å². The van der Waals surface area contributed by atoms with Gasteiger partial charge in [-0.3, -0.25) is 0 Å². The molecule has 0 aliphatic carbocycles. The summed E-state index contributed by atoms with van der Waals surface area (Å²) >= 11 is 1.61. The van der Waals surface area contributed by atoms with Crippen molar-refractivity contribution in [1.29, 1.82) is 0 Å². The van der Waals surface area contributed by atoms with Crippen molar-refractivity contribution >= 4 is 11.3 Å². The Morgan fingerprint density at radius 1 is 1.32 bits per heavy atom. The molecule has 1 N–H and O–H groups in total. The lowest BCUT2D eigenvalue weighted by Gasteiger charge is -2.31. The second kappa shape index (κ2) is 5.41. The van der Waals surface area contributed by atoms with Gasteiger partial charge < -0.3 is 9.84 Å². The molecule has 19 heavy (non-hydrogen) atoms. The first-order chi connectivity index (χ1) is 9.25. The van der Waals surface area contributed by atoms with Crippen LogP contribution in [0.4, 0.5) is 0 Å². The first-order valence-electron chi connectivity index (χ1n) is 6.55. The Kier molecular flexibility index (Phi) is 3.64. The van der Waals surface area contributed by atoms with Crippen molar-refractivity contribution in [1.82, 2.24) is 4.98 Å². The average Bonchev–Trinajstić information content (AvgIpc) is 2.88. The van der Waals surface area contributed by atoms with Gasteiger partial charge in [0.15, 0.2) is 0 Å². The van der Waals surface area contributed by atoms with Crippen LogP contribution in [0.1, 0.15) is 17.8 Å². The van der Waals surface area contributed by atoms with Gasteiger partial charge in [0.1, 0.15) is 0 Å². The lowest BCUT2D eigenvalue weighted by molar-refractivity contribution is -0.0844. The maximum absolute atomic E-state index is 10.4. The molecule has 3 nitrogen and oxygen atoms in total. The first kappa shape index (κ1) is 12.8. The molecule has 0 amide bonds. The fraction of sp³-hybridized carbons (Fsp3) is 0.400. The summed E-state index contributed by atoms with van der Waals surface area (Å²) in [5.41, 5.74) is 1.38. The van der Waals surface area contributed by atoms with Crippen molar-refractivity contribution in [3.8, 4) is 11.3 Å². The zero-order valence-corrected chi connectivity index (χ0v) is 11.5. The molecule has 0 radical (unpaired) electrons. The van der Waals surface area contributed by atoms with Crippen LogP contribution in [0, 0.1) is 0 Å². The minimum atomic E-state index is -0.732. The fourth-order valence-corrected chi connectivity index (χ4v) is 3.33. The van der Waals surface area contributed by atoms with Gasteiger partial charge in [-0.05, 0) is 12.8 Å². The van der Waals surface area contributed by atoms with E-state index in [4.69, 9.17) is 4.74 Å². The molecule has 0 bridgehead atoms. The maximum atomic E-state index is 10.4. The molecule has 1 atom stereocenters. The fourth-order valence-electron chi connectivity index (χ4n) is 2.39. The minimum absolute atomic E-state index is 0.424. The van der Waals surface area contributed by atoms with E-state index in [9.17, 15) is 5.11 Å². The van der Waals surface area contributed by atoms with Crippen LogP contribution in [0.15, 0.2) is 35.7 Å². The van der Waals surface area contributed by atoms with Crippen LogP contribution in [0.3, 0.4) is 0 Å². The zero-order chi connectivity index (χ0) is 13.1. The Balaban J connectivity index is 1.75. The van der Waals surface area contributed by atoms with Gasteiger partial charge in [-0.1, -0.05) is 30.3 Å². The standard InChI is InChI=1S/C15H17NO2S/c17-15(7-4-8-18-11-15)9-14-16-13(10-19-14)12-5-2-1-3-6-12/h1-3,5-6,10,17H,4,7-9,11H2. The van der Waals surface area contributed by atoms with Crippen molar-refractivity contribution in [2.75, 3.05) is 13.2 Å². The molecule has 0 saturated carbocycles. The van der Waals surface area contributed by atoms with Gasteiger partial charge in [0, 0.05) is 24.0 Å². The highest BCUT2D eigenvalue weighted by molar-refractivity contribution is 7.09.